The van der Waals surface area contributed by atoms with E-state index >= 15 is 0 Å². The van der Waals surface area contributed by atoms with E-state index in [1.165, 1.54) is 24.1 Å². The molecule has 6 heteroatoms. The molecule has 1 fully saturated rings. The lowest BCUT2D eigenvalue weighted by atomic mass is 9.80. The van der Waals surface area contributed by atoms with Gasteiger partial charge in [0.15, 0.2) is 0 Å². The molecule has 1 amide bonds. The number of hydrogen-bond acceptors (Lipinski definition) is 4. The second-order valence-corrected chi connectivity index (χ2v) is 5.85. The summed E-state index contributed by atoms with van der Waals surface area (Å²) in [7, 11) is 1.69. The Labute approximate surface area is 120 Å². The summed E-state index contributed by atoms with van der Waals surface area (Å²) in [6, 6.07) is 0. The number of carbonyl (C=O) groups excluding carboxylic acids is 1. The molecular weight excluding hydrogens is 254 g/mol. The third-order valence-electron chi connectivity index (χ3n) is 4.28. The Balaban J connectivity index is 1.94. The molecule has 0 aromatic carbocycles. The minimum absolute atomic E-state index is 0.0829. The summed E-state index contributed by atoms with van der Waals surface area (Å²) < 4.78 is 0. The number of rotatable bonds is 7. The first kappa shape index (κ1) is 14.9. The minimum Gasteiger partial charge on any atom is -0.291 e. The van der Waals surface area contributed by atoms with Crippen molar-refractivity contribution in [2.75, 3.05) is 5.32 Å². The SMILES string of the molecule is CCCCCCC1(C(=O)Nc2nnn(C)n2)CCCC1. The number of hydrogen-bond donors (Lipinski definition) is 1. The number of unbranched alkanes of at least 4 members (excludes halogenated alkanes) is 3. The average Bonchev–Trinajstić information content (AvgIpc) is 3.05. The molecule has 0 unspecified atom stereocenters. The highest BCUT2D eigenvalue weighted by molar-refractivity contribution is 5.94. The minimum atomic E-state index is -0.201. The number of nitrogens with zero attached hydrogens (tertiary/aromatic N) is 4. The number of amides is 1. The lowest BCUT2D eigenvalue weighted by molar-refractivity contribution is -0.125. The standard InChI is InChI=1S/C14H25N5O/c1-3-4-5-6-9-14(10-7-8-11-14)12(20)15-13-16-18-19(2)17-13/h3-11H2,1-2H3,(H,15,17,20). The molecule has 1 aliphatic carbocycles. The normalized spacial score (nSPS) is 17.3. The molecule has 0 spiro atoms. The van der Waals surface area contributed by atoms with Crippen LogP contribution in [0.25, 0.3) is 0 Å². The first-order chi connectivity index (χ1) is 9.66. The van der Waals surface area contributed by atoms with E-state index < -0.39 is 0 Å². The Bertz CT molecular complexity index is 437. The number of aromatic nitrogens is 4. The Morgan fingerprint density at radius 1 is 1.30 bits per heavy atom. The maximum Gasteiger partial charge on any atom is 0.270 e. The summed E-state index contributed by atoms with van der Waals surface area (Å²) >= 11 is 0. The highest BCUT2D eigenvalue weighted by atomic mass is 16.2. The van der Waals surface area contributed by atoms with Crippen LogP contribution in [0.4, 0.5) is 5.95 Å². The van der Waals surface area contributed by atoms with Gasteiger partial charge < -0.3 is 0 Å². The Kier molecular flexibility index (Phi) is 5.09. The largest absolute Gasteiger partial charge is 0.291 e. The van der Waals surface area contributed by atoms with E-state index in [4.69, 9.17) is 0 Å². The average molecular weight is 279 g/mol. The Morgan fingerprint density at radius 2 is 2.05 bits per heavy atom. The number of tetrazole rings is 1. The lowest BCUT2D eigenvalue weighted by Crippen LogP contribution is -2.34. The topological polar surface area (TPSA) is 72.7 Å². The van der Waals surface area contributed by atoms with Crippen molar-refractivity contribution in [3.63, 3.8) is 0 Å². The summed E-state index contributed by atoms with van der Waals surface area (Å²) in [5.74, 6) is 0.400. The predicted octanol–water partition coefficient (Wildman–Crippen LogP) is 2.68. The van der Waals surface area contributed by atoms with E-state index in [1.807, 2.05) is 0 Å². The maximum absolute atomic E-state index is 12.6. The summed E-state index contributed by atoms with van der Waals surface area (Å²) in [6.45, 7) is 2.21. The van der Waals surface area contributed by atoms with Gasteiger partial charge in [0.1, 0.15) is 0 Å². The van der Waals surface area contributed by atoms with Crippen molar-refractivity contribution < 1.29 is 4.79 Å². The van der Waals surface area contributed by atoms with E-state index in [0.717, 1.165) is 38.5 Å². The lowest BCUT2D eigenvalue weighted by Gasteiger charge is -2.26. The molecule has 1 aromatic heterocycles. The van der Waals surface area contributed by atoms with Crippen molar-refractivity contribution in [2.45, 2.75) is 64.7 Å². The molecule has 20 heavy (non-hydrogen) atoms. The van der Waals surface area contributed by atoms with E-state index in [0.29, 0.717) is 5.95 Å². The van der Waals surface area contributed by atoms with Crippen LogP contribution in [-0.4, -0.2) is 26.1 Å². The summed E-state index contributed by atoms with van der Waals surface area (Å²) in [5.41, 5.74) is -0.201. The molecule has 0 aliphatic heterocycles. The quantitative estimate of drug-likeness (QED) is 0.779. The van der Waals surface area contributed by atoms with Crippen LogP contribution in [0.3, 0.4) is 0 Å². The molecule has 0 radical (unpaired) electrons. The molecule has 1 saturated carbocycles. The molecular formula is C14H25N5O. The molecule has 0 atom stereocenters. The fourth-order valence-electron chi connectivity index (χ4n) is 3.10. The van der Waals surface area contributed by atoms with Crippen LogP contribution in [0.1, 0.15) is 64.7 Å². The van der Waals surface area contributed by atoms with Crippen molar-refractivity contribution >= 4 is 11.9 Å². The first-order valence-corrected chi connectivity index (χ1v) is 7.72. The van der Waals surface area contributed by atoms with Gasteiger partial charge >= 0.3 is 0 Å². The second-order valence-electron chi connectivity index (χ2n) is 5.85. The van der Waals surface area contributed by atoms with Gasteiger partial charge in [-0.05, 0) is 24.5 Å². The van der Waals surface area contributed by atoms with Crippen LogP contribution in [0.5, 0.6) is 0 Å². The van der Waals surface area contributed by atoms with Crippen LogP contribution in [0.2, 0.25) is 0 Å². The number of aryl methyl sites for hydroxylation is 1. The van der Waals surface area contributed by atoms with E-state index in [9.17, 15) is 4.79 Å². The fraction of sp³-hybridized carbons (Fsp3) is 0.857. The second kappa shape index (κ2) is 6.81. The van der Waals surface area contributed by atoms with Crippen molar-refractivity contribution in [1.82, 2.24) is 20.2 Å². The third kappa shape index (κ3) is 3.55. The molecule has 1 aliphatic rings. The molecule has 112 valence electrons. The summed E-state index contributed by atoms with van der Waals surface area (Å²) in [4.78, 5) is 13.9. The number of anilines is 1. The molecule has 6 nitrogen and oxygen atoms in total. The molecule has 1 N–H and O–H groups in total. The van der Waals surface area contributed by atoms with Gasteiger partial charge in [0.25, 0.3) is 5.95 Å². The van der Waals surface area contributed by atoms with Gasteiger partial charge in [0, 0.05) is 5.41 Å². The van der Waals surface area contributed by atoms with E-state index in [-0.39, 0.29) is 11.3 Å². The van der Waals surface area contributed by atoms with Gasteiger partial charge in [-0.25, -0.2) is 0 Å². The Hall–Kier alpha value is -1.46. The van der Waals surface area contributed by atoms with Gasteiger partial charge in [-0.3, -0.25) is 10.1 Å². The van der Waals surface area contributed by atoms with Crippen molar-refractivity contribution in [2.24, 2.45) is 12.5 Å². The van der Waals surface area contributed by atoms with Crippen LogP contribution in [0, 0.1) is 5.41 Å². The van der Waals surface area contributed by atoms with Gasteiger partial charge in [-0.1, -0.05) is 50.5 Å². The number of nitrogens with one attached hydrogen (secondary N) is 1. The molecule has 2 rings (SSSR count). The fourth-order valence-corrected chi connectivity index (χ4v) is 3.10. The first-order valence-electron chi connectivity index (χ1n) is 7.72. The molecule has 0 saturated heterocycles. The predicted molar refractivity (Wildman–Crippen MR) is 77.1 cm³/mol. The monoisotopic (exact) mass is 279 g/mol. The highest BCUT2D eigenvalue weighted by Crippen LogP contribution is 2.43. The third-order valence-corrected chi connectivity index (χ3v) is 4.28. The van der Waals surface area contributed by atoms with E-state index in [1.54, 1.807) is 7.05 Å². The zero-order valence-corrected chi connectivity index (χ0v) is 12.6. The maximum atomic E-state index is 12.6. The van der Waals surface area contributed by atoms with Crippen LogP contribution in [0.15, 0.2) is 0 Å². The summed E-state index contributed by atoms with van der Waals surface area (Å²) in [6.07, 6.45) is 10.1. The van der Waals surface area contributed by atoms with Crippen LogP contribution in [-0.2, 0) is 11.8 Å². The van der Waals surface area contributed by atoms with E-state index in [2.05, 4.69) is 27.7 Å². The summed E-state index contributed by atoms with van der Waals surface area (Å²) in [5, 5.41) is 14.5. The van der Waals surface area contributed by atoms with Crippen LogP contribution < -0.4 is 5.32 Å². The van der Waals surface area contributed by atoms with Crippen molar-refractivity contribution in [3.05, 3.63) is 0 Å². The highest BCUT2D eigenvalue weighted by Gasteiger charge is 2.40. The van der Waals surface area contributed by atoms with Crippen molar-refractivity contribution in [3.8, 4) is 0 Å². The molecule has 0 bridgehead atoms. The molecule has 1 heterocycles. The zero-order valence-electron chi connectivity index (χ0n) is 12.6. The smallest absolute Gasteiger partial charge is 0.270 e. The van der Waals surface area contributed by atoms with Crippen LogP contribution >= 0.6 is 0 Å². The van der Waals surface area contributed by atoms with Gasteiger partial charge in [0.2, 0.25) is 5.91 Å². The van der Waals surface area contributed by atoms with Gasteiger partial charge in [0.05, 0.1) is 7.05 Å². The zero-order chi connectivity index (χ0) is 14.4. The van der Waals surface area contributed by atoms with Gasteiger partial charge in [-0.2, -0.15) is 4.80 Å². The molecule has 1 aromatic rings. The number of carbonyl (C=O) groups is 1. The van der Waals surface area contributed by atoms with Gasteiger partial charge in [-0.15, -0.1) is 5.10 Å². The Morgan fingerprint density at radius 3 is 2.65 bits per heavy atom. The van der Waals surface area contributed by atoms with Crippen molar-refractivity contribution in [1.29, 1.82) is 0 Å².